The van der Waals surface area contributed by atoms with Gasteiger partial charge in [-0.15, -0.1) is 0 Å². The average molecular weight is 316 g/mol. The van der Waals surface area contributed by atoms with E-state index in [2.05, 4.69) is 22.3 Å². The summed E-state index contributed by atoms with van der Waals surface area (Å²) in [5, 5.41) is 3.04. The van der Waals surface area contributed by atoms with E-state index in [1.54, 1.807) is 7.11 Å². The number of ether oxygens (including phenoxy) is 1. The van der Waals surface area contributed by atoms with E-state index in [9.17, 15) is 4.79 Å². The Hall–Kier alpha value is -1.55. The highest BCUT2D eigenvalue weighted by Crippen LogP contribution is 2.28. The number of anilines is 2. The number of carbonyl (C=O) groups excluding carboxylic acids is 1. The summed E-state index contributed by atoms with van der Waals surface area (Å²) in [7, 11) is 1.80. The van der Waals surface area contributed by atoms with Crippen LogP contribution in [0.25, 0.3) is 0 Å². The van der Waals surface area contributed by atoms with E-state index < -0.39 is 0 Å². The lowest BCUT2D eigenvalue weighted by Crippen LogP contribution is -2.36. The van der Waals surface area contributed by atoms with Crippen molar-refractivity contribution in [3.63, 3.8) is 0 Å². The molecule has 3 rings (SSSR count). The van der Waals surface area contributed by atoms with Gasteiger partial charge in [0.05, 0.1) is 6.10 Å². The molecular weight excluding hydrogens is 288 g/mol. The Kier molecular flexibility index (Phi) is 5.55. The molecule has 0 bridgehead atoms. The maximum absolute atomic E-state index is 12.1. The number of piperidine rings is 1. The van der Waals surface area contributed by atoms with Crippen LogP contribution in [0.4, 0.5) is 11.4 Å². The van der Waals surface area contributed by atoms with Gasteiger partial charge in [0, 0.05) is 38.0 Å². The van der Waals surface area contributed by atoms with Crippen molar-refractivity contribution in [1.82, 2.24) is 0 Å². The van der Waals surface area contributed by atoms with Gasteiger partial charge in [0.1, 0.15) is 0 Å². The molecule has 0 radical (unpaired) electrons. The summed E-state index contributed by atoms with van der Waals surface area (Å²) in [6, 6.07) is 8.26. The molecule has 0 aromatic heterocycles. The number of benzene rings is 1. The van der Waals surface area contributed by atoms with Gasteiger partial charge in [-0.25, -0.2) is 0 Å². The van der Waals surface area contributed by atoms with Gasteiger partial charge in [-0.1, -0.05) is 12.8 Å². The smallest absolute Gasteiger partial charge is 0.224 e. The third kappa shape index (κ3) is 4.47. The van der Waals surface area contributed by atoms with Crippen molar-refractivity contribution in [3.8, 4) is 0 Å². The van der Waals surface area contributed by atoms with Crippen LogP contribution in [0.2, 0.25) is 0 Å². The fourth-order valence-electron chi connectivity index (χ4n) is 3.79. The van der Waals surface area contributed by atoms with Gasteiger partial charge in [0.25, 0.3) is 0 Å². The van der Waals surface area contributed by atoms with Crippen LogP contribution >= 0.6 is 0 Å². The van der Waals surface area contributed by atoms with Gasteiger partial charge in [-0.3, -0.25) is 4.79 Å². The molecule has 126 valence electrons. The Bertz CT molecular complexity index is 501. The Labute approximate surface area is 139 Å². The van der Waals surface area contributed by atoms with Crippen LogP contribution < -0.4 is 10.2 Å². The summed E-state index contributed by atoms with van der Waals surface area (Å²) in [6.45, 7) is 2.07. The first-order valence-electron chi connectivity index (χ1n) is 8.92. The van der Waals surface area contributed by atoms with Gasteiger partial charge in [-0.2, -0.15) is 0 Å². The lowest BCUT2D eigenvalue weighted by atomic mass is 10.0. The number of hydrogen-bond acceptors (Lipinski definition) is 3. The molecule has 1 amide bonds. The molecule has 2 fully saturated rings. The van der Waals surface area contributed by atoms with Crippen molar-refractivity contribution >= 4 is 17.3 Å². The molecule has 0 unspecified atom stereocenters. The first-order valence-corrected chi connectivity index (χ1v) is 8.92. The van der Waals surface area contributed by atoms with Gasteiger partial charge in [0.15, 0.2) is 0 Å². The minimum Gasteiger partial charge on any atom is -0.381 e. The first-order chi connectivity index (χ1) is 11.2. The maximum Gasteiger partial charge on any atom is 0.224 e. The SMILES string of the molecule is COC1CCN(c2ccc(NC(=O)CC3CCCC3)cc2)CC1. The summed E-state index contributed by atoms with van der Waals surface area (Å²) in [4.78, 5) is 14.5. The molecule has 1 aliphatic carbocycles. The molecule has 4 heteroatoms. The van der Waals surface area contributed by atoms with Crippen LogP contribution in [0.1, 0.15) is 44.9 Å². The minimum atomic E-state index is 0.158. The largest absolute Gasteiger partial charge is 0.381 e. The molecule has 0 atom stereocenters. The molecule has 1 saturated carbocycles. The lowest BCUT2D eigenvalue weighted by Gasteiger charge is -2.33. The second-order valence-electron chi connectivity index (χ2n) is 6.87. The Morgan fingerprint density at radius 1 is 1.13 bits per heavy atom. The standard InChI is InChI=1S/C19H28N2O2/c1-23-18-10-12-21(13-11-18)17-8-6-16(7-9-17)20-19(22)14-15-4-2-3-5-15/h6-9,15,18H,2-5,10-14H2,1H3,(H,20,22). The second-order valence-corrected chi connectivity index (χ2v) is 6.87. The number of amides is 1. The number of hydrogen-bond donors (Lipinski definition) is 1. The number of carbonyl (C=O) groups is 1. The average Bonchev–Trinajstić information content (AvgIpc) is 3.08. The zero-order chi connectivity index (χ0) is 16.1. The van der Waals surface area contributed by atoms with Crippen molar-refractivity contribution < 1.29 is 9.53 Å². The van der Waals surface area contributed by atoms with Gasteiger partial charge >= 0.3 is 0 Å². The van der Waals surface area contributed by atoms with E-state index in [1.807, 2.05) is 12.1 Å². The Balaban J connectivity index is 1.49. The van der Waals surface area contributed by atoms with Gasteiger partial charge < -0.3 is 15.0 Å². The molecule has 23 heavy (non-hydrogen) atoms. The molecule has 2 aliphatic rings. The maximum atomic E-state index is 12.1. The first kappa shape index (κ1) is 16.3. The van der Waals surface area contributed by atoms with Crippen molar-refractivity contribution in [2.45, 2.75) is 51.0 Å². The van der Waals surface area contributed by atoms with E-state index in [0.29, 0.717) is 18.4 Å². The zero-order valence-electron chi connectivity index (χ0n) is 14.1. The monoisotopic (exact) mass is 316 g/mol. The van der Waals surface area contributed by atoms with E-state index in [0.717, 1.165) is 31.6 Å². The van der Waals surface area contributed by atoms with Crippen LogP contribution in [0.5, 0.6) is 0 Å². The predicted molar refractivity (Wildman–Crippen MR) is 93.9 cm³/mol. The minimum absolute atomic E-state index is 0.158. The molecule has 1 N–H and O–H groups in total. The van der Waals surface area contributed by atoms with Gasteiger partial charge in [0.2, 0.25) is 5.91 Å². The number of nitrogens with one attached hydrogen (secondary N) is 1. The van der Waals surface area contributed by atoms with E-state index in [4.69, 9.17) is 4.74 Å². The van der Waals surface area contributed by atoms with Crippen LogP contribution in [0, 0.1) is 5.92 Å². The normalized spacial score (nSPS) is 20.0. The second kappa shape index (κ2) is 7.82. The van der Waals surface area contributed by atoms with Gasteiger partial charge in [-0.05, 0) is 55.9 Å². The number of nitrogens with zero attached hydrogens (tertiary/aromatic N) is 1. The highest BCUT2D eigenvalue weighted by molar-refractivity contribution is 5.91. The summed E-state index contributed by atoms with van der Waals surface area (Å²) in [6.07, 6.45) is 8.23. The highest BCUT2D eigenvalue weighted by Gasteiger charge is 2.20. The molecular formula is C19H28N2O2. The molecule has 1 saturated heterocycles. The van der Waals surface area contributed by atoms with Crippen LogP contribution in [-0.4, -0.2) is 32.2 Å². The zero-order valence-corrected chi connectivity index (χ0v) is 14.1. The molecule has 1 aliphatic heterocycles. The van der Waals surface area contributed by atoms with Crippen molar-refractivity contribution in [2.75, 3.05) is 30.4 Å². The number of methoxy groups -OCH3 is 1. The van der Waals surface area contributed by atoms with E-state index >= 15 is 0 Å². The lowest BCUT2D eigenvalue weighted by molar-refractivity contribution is -0.117. The topological polar surface area (TPSA) is 41.6 Å². The highest BCUT2D eigenvalue weighted by atomic mass is 16.5. The molecule has 1 aromatic carbocycles. The third-order valence-electron chi connectivity index (χ3n) is 5.24. The van der Waals surface area contributed by atoms with E-state index in [1.165, 1.54) is 31.4 Å². The van der Waals surface area contributed by atoms with Crippen LogP contribution in [0.15, 0.2) is 24.3 Å². The Morgan fingerprint density at radius 3 is 2.39 bits per heavy atom. The van der Waals surface area contributed by atoms with Crippen molar-refractivity contribution in [2.24, 2.45) is 5.92 Å². The Morgan fingerprint density at radius 2 is 1.78 bits per heavy atom. The molecule has 1 heterocycles. The quantitative estimate of drug-likeness (QED) is 0.898. The van der Waals surface area contributed by atoms with Crippen molar-refractivity contribution in [3.05, 3.63) is 24.3 Å². The van der Waals surface area contributed by atoms with Crippen LogP contribution in [-0.2, 0) is 9.53 Å². The summed E-state index contributed by atoms with van der Waals surface area (Å²) >= 11 is 0. The predicted octanol–water partition coefficient (Wildman–Crippen LogP) is 3.82. The number of rotatable bonds is 5. The molecule has 4 nitrogen and oxygen atoms in total. The summed E-state index contributed by atoms with van der Waals surface area (Å²) in [5.41, 5.74) is 2.14. The fourth-order valence-corrected chi connectivity index (χ4v) is 3.79. The third-order valence-corrected chi connectivity index (χ3v) is 5.24. The van der Waals surface area contributed by atoms with E-state index in [-0.39, 0.29) is 5.91 Å². The molecule has 0 spiro atoms. The fraction of sp³-hybridized carbons (Fsp3) is 0.632. The molecule has 1 aromatic rings. The summed E-state index contributed by atoms with van der Waals surface area (Å²) in [5.74, 6) is 0.752. The summed E-state index contributed by atoms with van der Waals surface area (Å²) < 4.78 is 5.42. The van der Waals surface area contributed by atoms with Crippen molar-refractivity contribution in [1.29, 1.82) is 0 Å². The van der Waals surface area contributed by atoms with Crippen LogP contribution in [0.3, 0.4) is 0 Å².